The standard InChI is InChI=1S/C16H18FN5O/c1-22(19)9-13(18)10-2-3-11-8-20-14(7-12(11)6-10)21-15(23)16(17)4-5-16/h2-3,6-9H,4-5,18-19H2,1H3,(H,20,21,23)/b13-9-. The summed E-state index contributed by atoms with van der Waals surface area (Å²) < 4.78 is 13.7. The SMILES string of the molecule is CN(N)/C=C(\N)c1ccc2cnc(NC(=O)C3(F)CC3)cc2c1. The van der Waals surface area contributed by atoms with Gasteiger partial charge in [-0.1, -0.05) is 12.1 Å². The topological polar surface area (TPSA) is 97.3 Å². The number of aromatic nitrogens is 1. The normalized spacial score (nSPS) is 16.2. The van der Waals surface area contributed by atoms with Gasteiger partial charge in [0.2, 0.25) is 0 Å². The molecule has 1 saturated carbocycles. The largest absolute Gasteiger partial charge is 0.397 e. The van der Waals surface area contributed by atoms with E-state index in [4.69, 9.17) is 11.6 Å². The quantitative estimate of drug-likeness (QED) is 0.590. The molecule has 6 nitrogen and oxygen atoms in total. The highest BCUT2D eigenvalue weighted by atomic mass is 19.1. The van der Waals surface area contributed by atoms with Crippen molar-refractivity contribution in [1.82, 2.24) is 9.99 Å². The van der Waals surface area contributed by atoms with Gasteiger partial charge in [-0.15, -0.1) is 0 Å². The van der Waals surface area contributed by atoms with Gasteiger partial charge >= 0.3 is 0 Å². The molecule has 5 N–H and O–H groups in total. The lowest BCUT2D eigenvalue weighted by Gasteiger charge is -2.10. The van der Waals surface area contributed by atoms with Gasteiger partial charge in [0.1, 0.15) is 5.82 Å². The number of hydrogen-bond acceptors (Lipinski definition) is 5. The first-order chi connectivity index (χ1) is 10.9. The minimum Gasteiger partial charge on any atom is -0.397 e. The van der Waals surface area contributed by atoms with Gasteiger partial charge in [0.05, 0.1) is 5.70 Å². The van der Waals surface area contributed by atoms with Crippen molar-refractivity contribution < 1.29 is 9.18 Å². The molecule has 0 saturated heterocycles. The number of rotatable bonds is 4. The third kappa shape index (κ3) is 3.24. The van der Waals surface area contributed by atoms with E-state index >= 15 is 0 Å². The number of halogens is 1. The van der Waals surface area contributed by atoms with Crippen molar-refractivity contribution in [2.45, 2.75) is 18.5 Å². The summed E-state index contributed by atoms with van der Waals surface area (Å²) in [5.74, 6) is 5.24. The maximum Gasteiger partial charge on any atom is 0.263 e. The molecule has 0 radical (unpaired) electrons. The molecule has 0 bridgehead atoms. The van der Waals surface area contributed by atoms with Crippen LogP contribution in [0.25, 0.3) is 16.5 Å². The van der Waals surface area contributed by atoms with Gasteiger partial charge in [0, 0.05) is 24.8 Å². The van der Waals surface area contributed by atoms with E-state index in [1.807, 2.05) is 18.2 Å². The summed E-state index contributed by atoms with van der Waals surface area (Å²) in [6.07, 6.45) is 3.77. The number of hydrazine groups is 1. The van der Waals surface area contributed by atoms with Crippen molar-refractivity contribution in [2.75, 3.05) is 12.4 Å². The molecule has 1 aliphatic carbocycles. The van der Waals surface area contributed by atoms with Crippen molar-refractivity contribution >= 4 is 28.2 Å². The summed E-state index contributed by atoms with van der Waals surface area (Å²) in [7, 11) is 1.68. The Balaban J connectivity index is 1.90. The number of amides is 1. The first kappa shape index (κ1) is 15.2. The molecule has 23 heavy (non-hydrogen) atoms. The Hall–Kier alpha value is -2.67. The number of pyridine rings is 1. The molecule has 1 fully saturated rings. The van der Waals surface area contributed by atoms with E-state index < -0.39 is 11.6 Å². The first-order valence-electron chi connectivity index (χ1n) is 7.23. The summed E-state index contributed by atoms with van der Waals surface area (Å²) in [5, 5.41) is 5.62. The fourth-order valence-corrected chi connectivity index (χ4v) is 2.25. The molecule has 1 aromatic carbocycles. The zero-order valence-electron chi connectivity index (χ0n) is 12.7. The average Bonchev–Trinajstić information content (AvgIpc) is 3.25. The number of nitrogens with one attached hydrogen (secondary N) is 1. The number of benzene rings is 1. The van der Waals surface area contributed by atoms with Crippen LogP contribution in [0, 0.1) is 0 Å². The Kier molecular flexibility index (Phi) is 3.65. The molecule has 120 valence electrons. The van der Waals surface area contributed by atoms with Crippen molar-refractivity contribution in [3.8, 4) is 0 Å². The van der Waals surface area contributed by atoms with Crippen LogP contribution in [0.2, 0.25) is 0 Å². The highest BCUT2D eigenvalue weighted by Gasteiger charge is 2.50. The Morgan fingerprint density at radius 2 is 2.13 bits per heavy atom. The van der Waals surface area contributed by atoms with Crippen molar-refractivity contribution in [3.63, 3.8) is 0 Å². The molecule has 7 heteroatoms. The summed E-state index contributed by atoms with van der Waals surface area (Å²) in [4.78, 5) is 15.9. The summed E-state index contributed by atoms with van der Waals surface area (Å²) >= 11 is 0. The number of nitrogens with zero attached hydrogens (tertiary/aromatic N) is 2. The van der Waals surface area contributed by atoms with Gasteiger partial charge < -0.3 is 16.1 Å². The second-order valence-electron chi connectivity index (χ2n) is 5.80. The molecule has 3 rings (SSSR count). The molecule has 1 amide bonds. The zero-order valence-corrected chi connectivity index (χ0v) is 12.7. The number of carbonyl (C=O) groups excluding carboxylic acids is 1. The number of nitrogens with two attached hydrogens (primary N) is 2. The summed E-state index contributed by atoms with van der Waals surface area (Å²) in [6.45, 7) is 0. The van der Waals surface area contributed by atoms with Crippen LogP contribution in [0.15, 0.2) is 36.7 Å². The second-order valence-corrected chi connectivity index (χ2v) is 5.80. The zero-order chi connectivity index (χ0) is 16.6. The Morgan fingerprint density at radius 1 is 1.39 bits per heavy atom. The van der Waals surface area contributed by atoms with Gasteiger partial charge in [-0.2, -0.15) is 0 Å². The predicted octanol–water partition coefficient (Wildman–Crippen LogP) is 1.74. The summed E-state index contributed by atoms with van der Waals surface area (Å²) in [6, 6.07) is 7.29. The average molecular weight is 315 g/mol. The van der Waals surface area contributed by atoms with Crippen molar-refractivity contribution in [2.24, 2.45) is 11.6 Å². The van der Waals surface area contributed by atoms with E-state index in [-0.39, 0.29) is 12.8 Å². The minimum absolute atomic E-state index is 0.268. The Labute approximate surface area is 132 Å². The van der Waals surface area contributed by atoms with E-state index in [1.54, 1.807) is 25.5 Å². The maximum absolute atomic E-state index is 13.7. The van der Waals surface area contributed by atoms with Crippen LogP contribution in [-0.2, 0) is 4.79 Å². The van der Waals surface area contributed by atoms with Crippen LogP contribution in [0.3, 0.4) is 0 Å². The first-order valence-corrected chi connectivity index (χ1v) is 7.23. The highest BCUT2D eigenvalue weighted by Crippen LogP contribution is 2.40. The van der Waals surface area contributed by atoms with Crippen LogP contribution < -0.4 is 16.9 Å². The number of fused-ring (bicyclic) bond motifs is 1. The molecule has 0 spiro atoms. The number of carbonyl (C=O) groups is 1. The lowest BCUT2D eigenvalue weighted by atomic mass is 10.1. The molecular weight excluding hydrogens is 297 g/mol. The van der Waals surface area contributed by atoms with E-state index in [0.29, 0.717) is 11.5 Å². The molecule has 2 aromatic rings. The minimum atomic E-state index is -1.72. The third-order valence-corrected chi connectivity index (χ3v) is 3.74. The fourth-order valence-electron chi connectivity index (χ4n) is 2.25. The van der Waals surface area contributed by atoms with Crippen LogP contribution in [0.5, 0.6) is 0 Å². The Bertz CT molecular complexity index is 798. The van der Waals surface area contributed by atoms with Gasteiger partial charge in [-0.3, -0.25) is 4.79 Å². The van der Waals surface area contributed by atoms with E-state index in [2.05, 4.69) is 10.3 Å². The van der Waals surface area contributed by atoms with Crippen LogP contribution in [0.4, 0.5) is 10.2 Å². The second kappa shape index (κ2) is 5.51. The predicted molar refractivity (Wildman–Crippen MR) is 87.6 cm³/mol. The van der Waals surface area contributed by atoms with Gasteiger partial charge in [-0.05, 0) is 35.9 Å². The molecule has 1 heterocycles. The fraction of sp³-hybridized carbons (Fsp3) is 0.250. The smallest absolute Gasteiger partial charge is 0.263 e. The monoisotopic (exact) mass is 315 g/mol. The Morgan fingerprint density at radius 3 is 2.78 bits per heavy atom. The lowest BCUT2D eigenvalue weighted by Crippen LogP contribution is -2.25. The molecule has 0 atom stereocenters. The van der Waals surface area contributed by atoms with E-state index in [9.17, 15) is 9.18 Å². The van der Waals surface area contributed by atoms with E-state index in [1.165, 1.54) is 5.01 Å². The highest BCUT2D eigenvalue weighted by molar-refractivity contribution is 6.00. The van der Waals surface area contributed by atoms with Crippen molar-refractivity contribution in [3.05, 3.63) is 42.2 Å². The van der Waals surface area contributed by atoms with Gasteiger partial charge in [0.25, 0.3) is 5.91 Å². The van der Waals surface area contributed by atoms with E-state index in [0.717, 1.165) is 16.3 Å². The molecule has 0 unspecified atom stereocenters. The van der Waals surface area contributed by atoms with Crippen LogP contribution in [0.1, 0.15) is 18.4 Å². The number of alkyl halides is 1. The molecular formula is C16H18FN5O. The van der Waals surface area contributed by atoms with Gasteiger partial charge in [-0.25, -0.2) is 15.2 Å². The van der Waals surface area contributed by atoms with Crippen molar-refractivity contribution in [1.29, 1.82) is 0 Å². The number of anilines is 1. The van der Waals surface area contributed by atoms with Gasteiger partial charge in [0.15, 0.2) is 5.67 Å². The molecule has 1 aliphatic rings. The van der Waals surface area contributed by atoms with Crippen LogP contribution >= 0.6 is 0 Å². The maximum atomic E-state index is 13.7. The number of hydrogen-bond donors (Lipinski definition) is 3. The lowest BCUT2D eigenvalue weighted by molar-refractivity contribution is -0.122. The molecule has 0 aliphatic heterocycles. The molecule has 1 aromatic heterocycles. The van der Waals surface area contributed by atoms with Crippen LogP contribution in [-0.4, -0.2) is 28.6 Å². The summed E-state index contributed by atoms with van der Waals surface area (Å²) in [5.41, 5.74) is 5.56. The third-order valence-electron chi connectivity index (χ3n) is 3.74.